The summed E-state index contributed by atoms with van der Waals surface area (Å²) in [6.07, 6.45) is 2.19. The zero-order valence-corrected chi connectivity index (χ0v) is 18.6. The first-order valence-electron chi connectivity index (χ1n) is 9.06. The third kappa shape index (κ3) is 5.09. The first kappa shape index (κ1) is 22.0. The van der Waals surface area contributed by atoms with Crippen molar-refractivity contribution in [1.82, 2.24) is 9.88 Å². The molecule has 0 bridgehead atoms. The second-order valence-electron chi connectivity index (χ2n) is 6.73. The summed E-state index contributed by atoms with van der Waals surface area (Å²) in [5, 5.41) is 6.86. The van der Waals surface area contributed by atoms with E-state index in [0.717, 1.165) is 29.2 Å². The molecule has 0 saturated carbocycles. The Balaban J connectivity index is 0.00000240. The summed E-state index contributed by atoms with van der Waals surface area (Å²) < 4.78 is 2.23. The van der Waals surface area contributed by atoms with Crippen LogP contribution in [0.2, 0.25) is 15.1 Å². The number of hydrogen-bond donors (Lipinski definition) is 1. The minimum Gasteiger partial charge on any atom is -0.343 e. The molecule has 4 rings (SSSR count). The number of fused-ring (bicyclic) bond motifs is 1. The molecule has 2 nitrogen and oxygen atoms in total. The normalized spacial score (nSPS) is 10.9. The van der Waals surface area contributed by atoms with Crippen molar-refractivity contribution in [3.63, 3.8) is 0 Å². The predicted octanol–water partition coefficient (Wildman–Crippen LogP) is 7.36. The van der Waals surface area contributed by atoms with Gasteiger partial charge in [-0.15, -0.1) is 12.4 Å². The molecule has 29 heavy (non-hydrogen) atoms. The van der Waals surface area contributed by atoms with Crippen LogP contribution in [0.3, 0.4) is 0 Å². The minimum atomic E-state index is 0. The van der Waals surface area contributed by atoms with Crippen molar-refractivity contribution in [3.05, 3.63) is 105 Å². The number of para-hydroxylation sites is 1. The van der Waals surface area contributed by atoms with Crippen molar-refractivity contribution in [2.75, 3.05) is 0 Å². The SMILES string of the molecule is Cl.Clc1ccc(Cn2cc(CNCc3ccccc3Cl)c3ccccc32)c(Cl)c1. The van der Waals surface area contributed by atoms with Gasteiger partial charge in [-0.3, -0.25) is 0 Å². The summed E-state index contributed by atoms with van der Waals surface area (Å²) in [7, 11) is 0. The Morgan fingerprint density at radius 2 is 1.45 bits per heavy atom. The largest absolute Gasteiger partial charge is 0.343 e. The highest BCUT2D eigenvalue weighted by molar-refractivity contribution is 6.35. The molecule has 1 N–H and O–H groups in total. The van der Waals surface area contributed by atoms with Crippen molar-refractivity contribution in [2.24, 2.45) is 0 Å². The first-order chi connectivity index (χ1) is 13.6. The molecule has 0 unspecified atom stereocenters. The first-order valence-corrected chi connectivity index (χ1v) is 10.2. The van der Waals surface area contributed by atoms with Crippen LogP contribution in [0.25, 0.3) is 10.9 Å². The maximum atomic E-state index is 6.38. The maximum absolute atomic E-state index is 6.38. The van der Waals surface area contributed by atoms with Crippen molar-refractivity contribution in [2.45, 2.75) is 19.6 Å². The highest BCUT2D eigenvalue weighted by Gasteiger charge is 2.10. The van der Waals surface area contributed by atoms with E-state index in [-0.39, 0.29) is 12.4 Å². The molecule has 0 aliphatic rings. The van der Waals surface area contributed by atoms with Gasteiger partial charge in [0.15, 0.2) is 0 Å². The zero-order valence-electron chi connectivity index (χ0n) is 15.5. The molecule has 0 spiro atoms. The second kappa shape index (κ2) is 9.88. The summed E-state index contributed by atoms with van der Waals surface area (Å²) in [5.74, 6) is 0. The molecule has 0 radical (unpaired) electrons. The molecule has 0 fully saturated rings. The number of aromatic nitrogens is 1. The highest BCUT2D eigenvalue weighted by atomic mass is 35.5. The number of halogens is 4. The molecule has 6 heteroatoms. The van der Waals surface area contributed by atoms with Crippen LogP contribution in [-0.4, -0.2) is 4.57 Å². The second-order valence-corrected chi connectivity index (χ2v) is 7.98. The molecule has 0 amide bonds. The van der Waals surface area contributed by atoms with Gasteiger partial charge in [0, 0.05) is 51.8 Å². The number of nitrogens with zero attached hydrogens (tertiary/aromatic N) is 1. The van der Waals surface area contributed by atoms with E-state index in [4.69, 9.17) is 34.8 Å². The lowest BCUT2D eigenvalue weighted by Crippen LogP contribution is -2.12. The van der Waals surface area contributed by atoms with E-state index < -0.39 is 0 Å². The van der Waals surface area contributed by atoms with E-state index in [1.807, 2.05) is 36.4 Å². The smallest absolute Gasteiger partial charge is 0.0491 e. The zero-order chi connectivity index (χ0) is 19.5. The van der Waals surface area contributed by atoms with Gasteiger partial charge in [0.25, 0.3) is 0 Å². The molecule has 4 aromatic rings. The molecular weight excluding hydrogens is 446 g/mol. The molecule has 0 saturated heterocycles. The minimum absolute atomic E-state index is 0. The molecule has 0 aliphatic carbocycles. The van der Waals surface area contributed by atoms with Crippen LogP contribution in [0, 0.1) is 0 Å². The van der Waals surface area contributed by atoms with Crippen LogP contribution in [-0.2, 0) is 19.6 Å². The van der Waals surface area contributed by atoms with Gasteiger partial charge in [-0.2, -0.15) is 0 Å². The van der Waals surface area contributed by atoms with Crippen LogP contribution in [0.1, 0.15) is 16.7 Å². The highest BCUT2D eigenvalue weighted by Crippen LogP contribution is 2.26. The Labute approximate surface area is 191 Å². The van der Waals surface area contributed by atoms with E-state index in [1.165, 1.54) is 16.5 Å². The van der Waals surface area contributed by atoms with E-state index in [2.05, 4.69) is 40.3 Å². The number of benzene rings is 3. The lowest BCUT2D eigenvalue weighted by atomic mass is 10.1. The molecule has 3 aromatic carbocycles. The maximum Gasteiger partial charge on any atom is 0.0491 e. The summed E-state index contributed by atoms with van der Waals surface area (Å²) in [6.45, 7) is 2.18. The van der Waals surface area contributed by atoms with Crippen molar-refractivity contribution >= 4 is 58.1 Å². The lowest BCUT2D eigenvalue weighted by molar-refractivity contribution is 0.692. The standard InChI is InChI=1S/C23H19Cl3N2.ClH/c24-19-10-9-17(22(26)11-19)14-28-15-18(20-6-2-4-8-23(20)28)13-27-12-16-5-1-3-7-21(16)25;/h1-11,15,27H,12-14H2;1H. The predicted molar refractivity (Wildman–Crippen MR) is 127 cm³/mol. The Morgan fingerprint density at radius 3 is 2.24 bits per heavy atom. The summed E-state index contributed by atoms with van der Waals surface area (Å²) in [6, 6.07) is 22.0. The van der Waals surface area contributed by atoms with Crippen LogP contribution in [0.4, 0.5) is 0 Å². The van der Waals surface area contributed by atoms with Crippen molar-refractivity contribution in [1.29, 1.82) is 0 Å². The molecule has 1 heterocycles. The van der Waals surface area contributed by atoms with Crippen LogP contribution in [0.5, 0.6) is 0 Å². The topological polar surface area (TPSA) is 17.0 Å². The fourth-order valence-electron chi connectivity index (χ4n) is 3.40. The van der Waals surface area contributed by atoms with Gasteiger partial charge >= 0.3 is 0 Å². The average Bonchev–Trinajstić information content (AvgIpc) is 3.03. The third-order valence-electron chi connectivity index (χ3n) is 4.82. The van der Waals surface area contributed by atoms with Gasteiger partial charge in [-0.1, -0.05) is 77.3 Å². The summed E-state index contributed by atoms with van der Waals surface area (Å²) >= 11 is 18.7. The van der Waals surface area contributed by atoms with E-state index in [0.29, 0.717) is 16.6 Å². The van der Waals surface area contributed by atoms with Gasteiger partial charge in [-0.25, -0.2) is 0 Å². The Morgan fingerprint density at radius 1 is 0.724 bits per heavy atom. The monoisotopic (exact) mass is 464 g/mol. The van der Waals surface area contributed by atoms with Gasteiger partial charge in [0.2, 0.25) is 0 Å². The number of hydrogen-bond acceptors (Lipinski definition) is 1. The van der Waals surface area contributed by atoms with Crippen LogP contribution < -0.4 is 5.32 Å². The van der Waals surface area contributed by atoms with E-state index >= 15 is 0 Å². The molecule has 0 atom stereocenters. The van der Waals surface area contributed by atoms with Crippen LogP contribution >= 0.6 is 47.2 Å². The molecular formula is C23H20Cl4N2. The van der Waals surface area contributed by atoms with Crippen molar-refractivity contribution < 1.29 is 0 Å². The van der Waals surface area contributed by atoms with E-state index in [1.54, 1.807) is 6.07 Å². The lowest BCUT2D eigenvalue weighted by Gasteiger charge is -2.08. The fraction of sp³-hybridized carbons (Fsp3) is 0.130. The Kier molecular flexibility index (Phi) is 7.50. The van der Waals surface area contributed by atoms with Gasteiger partial charge < -0.3 is 9.88 Å². The average molecular weight is 466 g/mol. The molecule has 1 aromatic heterocycles. The molecule has 0 aliphatic heterocycles. The Bertz CT molecular complexity index is 1120. The molecule has 150 valence electrons. The summed E-state index contributed by atoms with van der Waals surface area (Å²) in [4.78, 5) is 0. The van der Waals surface area contributed by atoms with E-state index in [9.17, 15) is 0 Å². The van der Waals surface area contributed by atoms with Gasteiger partial charge in [0.1, 0.15) is 0 Å². The van der Waals surface area contributed by atoms with Gasteiger partial charge in [0.05, 0.1) is 0 Å². The summed E-state index contributed by atoms with van der Waals surface area (Å²) in [5.41, 5.74) is 4.57. The number of rotatable bonds is 6. The van der Waals surface area contributed by atoms with Gasteiger partial charge in [-0.05, 0) is 41.0 Å². The quantitative estimate of drug-likeness (QED) is 0.314. The van der Waals surface area contributed by atoms with Crippen molar-refractivity contribution in [3.8, 4) is 0 Å². The number of nitrogens with one attached hydrogen (secondary N) is 1. The Hall–Kier alpha value is -1.68. The third-order valence-corrected chi connectivity index (χ3v) is 5.77. The fourth-order valence-corrected chi connectivity index (χ4v) is 4.07. The van der Waals surface area contributed by atoms with Crippen LogP contribution in [0.15, 0.2) is 72.9 Å².